The van der Waals surface area contributed by atoms with Crippen molar-refractivity contribution in [1.82, 2.24) is 24.9 Å². The van der Waals surface area contributed by atoms with Crippen molar-refractivity contribution >= 4 is 22.5 Å². The third kappa shape index (κ3) is 2.30. The first-order chi connectivity index (χ1) is 12.2. The summed E-state index contributed by atoms with van der Waals surface area (Å²) in [5, 5.41) is 1.08. The maximum atomic E-state index is 4.76. The van der Waals surface area contributed by atoms with Crippen molar-refractivity contribution in [3.63, 3.8) is 0 Å². The molecule has 0 aliphatic carbocycles. The van der Waals surface area contributed by atoms with Gasteiger partial charge in [-0.3, -0.25) is 4.98 Å². The van der Waals surface area contributed by atoms with Gasteiger partial charge in [0.2, 0.25) is 0 Å². The van der Waals surface area contributed by atoms with Gasteiger partial charge in [-0.2, -0.15) is 0 Å². The monoisotopic (exact) mass is 333 g/mol. The molecule has 0 saturated carbocycles. The smallest absolute Gasteiger partial charge is 0.140 e. The van der Waals surface area contributed by atoms with Crippen molar-refractivity contribution < 1.29 is 0 Å². The molecule has 3 fully saturated rings. The summed E-state index contributed by atoms with van der Waals surface area (Å²) in [6, 6.07) is 4.99. The summed E-state index contributed by atoms with van der Waals surface area (Å²) < 4.78 is 0. The summed E-state index contributed by atoms with van der Waals surface area (Å²) in [6.45, 7) is 5.87. The van der Waals surface area contributed by atoms with Crippen molar-refractivity contribution in [3.05, 3.63) is 42.4 Å². The molecule has 6 rings (SSSR count). The summed E-state index contributed by atoms with van der Waals surface area (Å²) in [6.07, 6.45) is 6.49. The zero-order valence-electron chi connectivity index (χ0n) is 14.3. The normalized spacial score (nSPS) is 22.2. The number of anilines is 2. The number of piperidine rings is 1. The van der Waals surface area contributed by atoms with Gasteiger partial charge in [-0.1, -0.05) is 0 Å². The zero-order valence-corrected chi connectivity index (χ0v) is 14.3. The highest BCUT2D eigenvalue weighted by atomic mass is 15.4. The lowest BCUT2D eigenvalue weighted by Gasteiger charge is -2.57. The van der Waals surface area contributed by atoms with Crippen LogP contribution in [0.3, 0.4) is 0 Å². The van der Waals surface area contributed by atoms with Crippen LogP contribution in [-0.2, 0) is 0 Å². The Balaban J connectivity index is 1.47. The molecule has 0 radical (unpaired) electrons. The molecule has 126 valence electrons. The standard InChI is InChI=1S/C18H19N7/c1-11-5-17(21-10-20-11)24-8-13-6-14(9-24)25(13)18-15-3-4-19-7-16(15)22-12(2)23-18/h3-5,7,10,13-14H,6,8-9H2,1-2H3. The summed E-state index contributed by atoms with van der Waals surface area (Å²) in [4.78, 5) is 26.9. The number of hydrogen-bond acceptors (Lipinski definition) is 7. The van der Waals surface area contributed by atoms with E-state index in [1.54, 1.807) is 6.33 Å². The van der Waals surface area contributed by atoms with Gasteiger partial charge < -0.3 is 9.80 Å². The Kier molecular flexibility index (Phi) is 3.10. The first-order valence-corrected chi connectivity index (χ1v) is 8.59. The summed E-state index contributed by atoms with van der Waals surface area (Å²) in [7, 11) is 0. The van der Waals surface area contributed by atoms with Gasteiger partial charge in [-0.25, -0.2) is 19.9 Å². The molecule has 2 atom stereocenters. The fourth-order valence-electron chi connectivity index (χ4n) is 4.03. The lowest BCUT2D eigenvalue weighted by atomic mass is 9.87. The third-order valence-electron chi connectivity index (χ3n) is 5.14. The largest absolute Gasteiger partial charge is 0.352 e. The van der Waals surface area contributed by atoms with Crippen molar-refractivity contribution in [2.24, 2.45) is 0 Å². The van der Waals surface area contributed by atoms with Crippen LogP contribution in [0.2, 0.25) is 0 Å². The minimum atomic E-state index is 0.458. The fourth-order valence-corrected chi connectivity index (χ4v) is 4.03. The molecular formula is C18H19N7. The quantitative estimate of drug-likeness (QED) is 0.709. The van der Waals surface area contributed by atoms with Gasteiger partial charge in [0.25, 0.3) is 0 Å². The van der Waals surface area contributed by atoms with E-state index in [9.17, 15) is 0 Å². The van der Waals surface area contributed by atoms with Gasteiger partial charge in [0.1, 0.15) is 23.8 Å². The van der Waals surface area contributed by atoms with E-state index in [1.807, 2.05) is 32.3 Å². The van der Waals surface area contributed by atoms with Crippen LogP contribution in [0.1, 0.15) is 17.9 Å². The number of nitrogens with zero attached hydrogens (tertiary/aromatic N) is 7. The molecular weight excluding hydrogens is 314 g/mol. The van der Waals surface area contributed by atoms with E-state index in [-0.39, 0.29) is 0 Å². The molecule has 3 aliphatic rings. The molecule has 3 aromatic rings. The van der Waals surface area contributed by atoms with Crippen LogP contribution in [0.4, 0.5) is 11.6 Å². The number of fused-ring (bicyclic) bond motifs is 3. The van der Waals surface area contributed by atoms with Gasteiger partial charge in [-0.05, 0) is 26.3 Å². The van der Waals surface area contributed by atoms with Gasteiger partial charge >= 0.3 is 0 Å². The highest BCUT2D eigenvalue weighted by molar-refractivity contribution is 5.89. The minimum absolute atomic E-state index is 0.458. The molecule has 2 bridgehead atoms. The lowest BCUT2D eigenvalue weighted by molar-refractivity contribution is 0.288. The van der Waals surface area contributed by atoms with E-state index in [4.69, 9.17) is 4.98 Å². The Morgan fingerprint density at radius 3 is 2.72 bits per heavy atom. The van der Waals surface area contributed by atoms with E-state index in [2.05, 4.69) is 35.8 Å². The van der Waals surface area contributed by atoms with Crippen LogP contribution >= 0.6 is 0 Å². The lowest BCUT2D eigenvalue weighted by Crippen LogP contribution is -2.69. The van der Waals surface area contributed by atoms with Crippen LogP contribution in [0.5, 0.6) is 0 Å². The second-order valence-corrected chi connectivity index (χ2v) is 6.86. The van der Waals surface area contributed by atoms with E-state index in [0.717, 1.165) is 47.1 Å². The van der Waals surface area contributed by atoms with Crippen LogP contribution in [-0.4, -0.2) is 50.1 Å². The van der Waals surface area contributed by atoms with Gasteiger partial charge in [0.15, 0.2) is 0 Å². The molecule has 0 amide bonds. The number of rotatable bonds is 2. The van der Waals surface area contributed by atoms with E-state index >= 15 is 0 Å². The van der Waals surface area contributed by atoms with Crippen molar-refractivity contribution in [1.29, 1.82) is 0 Å². The molecule has 0 aromatic carbocycles. The maximum absolute atomic E-state index is 4.76. The highest BCUT2D eigenvalue weighted by Gasteiger charge is 2.46. The number of piperazine rings is 1. The van der Waals surface area contributed by atoms with Crippen LogP contribution < -0.4 is 9.80 Å². The van der Waals surface area contributed by atoms with E-state index in [0.29, 0.717) is 12.1 Å². The Morgan fingerprint density at radius 1 is 1.08 bits per heavy atom. The SMILES string of the molecule is Cc1cc(N2CC3CC(C2)N3c2nc(C)nc3cnccc23)ncn1. The number of hydrogen-bond donors (Lipinski definition) is 0. The van der Waals surface area contributed by atoms with Crippen molar-refractivity contribution in [2.75, 3.05) is 22.9 Å². The zero-order chi connectivity index (χ0) is 17.0. The predicted molar refractivity (Wildman–Crippen MR) is 95.7 cm³/mol. The maximum Gasteiger partial charge on any atom is 0.140 e. The van der Waals surface area contributed by atoms with Crippen molar-refractivity contribution in [3.8, 4) is 0 Å². The molecule has 7 heteroatoms. The molecule has 2 unspecified atom stereocenters. The van der Waals surface area contributed by atoms with Crippen LogP contribution in [0.15, 0.2) is 30.9 Å². The molecule has 0 N–H and O–H groups in total. The molecule has 0 spiro atoms. The summed E-state index contributed by atoms with van der Waals surface area (Å²) in [5.41, 5.74) is 1.92. The van der Waals surface area contributed by atoms with Crippen molar-refractivity contribution in [2.45, 2.75) is 32.4 Å². The Labute approximate surface area is 145 Å². The number of aromatic nitrogens is 5. The molecule has 6 heterocycles. The van der Waals surface area contributed by atoms with Crippen LogP contribution in [0.25, 0.3) is 10.9 Å². The van der Waals surface area contributed by atoms with Gasteiger partial charge in [-0.15, -0.1) is 0 Å². The number of aryl methyl sites for hydroxylation is 2. The second kappa shape index (κ2) is 5.34. The number of pyridine rings is 1. The molecule has 25 heavy (non-hydrogen) atoms. The van der Waals surface area contributed by atoms with Gasteiger partial charge in [0.05, 0.1) is 23.8 Å². The Morgan fingerprint density at radius 2 is 1.92 bits per heavy atom. The third-order valence-corrected chi connectivity index (χ3v) is 5.14. The predicted octanol–water partition coefficient (Wildman–Crippen LogP) is 1.90. The van der Waals surface area contributed by atoms with E-state index < -0.39 is 0 Å². The first kappa shape index (κ1) is 14.5. The molecule has 3 saturated heterocycles. The minimum Gasteiger partial charge on any atom is -0.352 e. The van der Waals surface area contributed by atoms with Crippen LogP contribution in [0, 0.1) is 13.8 Å². The highest BCUT2D eigenvalue weighted by Crippen LogP contribution is 2.39. The average Bonchev–Trinajstić information content (AvgIpc) is 2.61. The fraction of sp³-hybridized carbons (Fsp3) is 0.389. The Bertz CT molecular complexity index is 945. The average molecular weight is 333 g/mol. The Hall–Kier alpha value is -2.83. The summed E-state index contributed by atoms with van der Waals surface area (Å²) >= 11 is 0. The van der Waals surface area contributed by atoms with E-state index in [1.165, 1.54) is 6.42 Å². The topological polar surface area (TPSA) is 70.9 Å². The summed E-state index contributed by atoms with van der Waals surface area (Å²) in [5.74, 6) is 2.86. The second-order valence-electron chi connectivity index (χ2n) is 6.86. The van der Waals surface area contributed by atoms with Gasteiger partial charge in [0, 0.05) is 36.4 Å². The molecule has 7 nitrogen and oxygen atoms in total. The first-order valence-electron chi connectivity index (χ1n) is 8.59. The molecule has 3 aromatic heterocycles. The molecule has 3 aliphatic heterocycles.